The summed E-state index contributed by atoms with van der Waals surface area (Å²) in [6, 6.07) is 7.31. The second-order valence-electron chi connectivity index (χ2n) is 4.61. The van der Waals surface area contributed by atoms with Crippen LogP contribution in [-0.2, 0) is 9.53 Å². The quantitative estimate of drug-likeness (QED) is 0.828. The number of hydrogen-bond donors (Lipinski definition) is 2. The molecule has 1 heterocycles. The van der Waals surface area contributed by atoms with Crippen LogP contribution in [0.25, 0.3) is 0 Å². The van der Waals surface area contributed by atoms with E-state index in [0.29, 0.717) is 17.9 Å². The molecule has 1 aromatic rings. The van der Waals surface area contributed by atoms with Crippen LogP contribution in [0.2, 0.25) is 0 Å². The number of carbonyl (C=O) groups is 1. The van der Waals surface area contributed by atoms with E-state index in [-0.39, 0.29) is 22.9 Å². The monoisotopic (exact) mass is 278 g/mol. The summed E-state index contributed by atoms with van der Waals surface area (Å²) in [5.74, 6) is -0.113. The van der Waals surface area contributed by atoms with Crippen LogP contribution in [0.1, 0.15) is 25.3 Å². The molecule has 0 saturated carbocycles. The molecule has 3 N–H and O–H groups in total. The number of amides is 1. The van der Waals surface area contributed by atoms with Crippen LogP contribution in [0.5, 0.6) is 0 Å². The molecule has 1 saturated heterocycles. The Balaban J connectivity index is 2.13. The smallest absolute Gasteiger partial charge is 0.230 e. The highest BCUT2D eigenvalue weighted by molar-refractivity contribution is 7.80. The third-order valence-electron chi connectivity index (χ3n) is 3.40. The predicted molar refractivity (Wildman–Crippen MR) is 79.1 cm³/mol. The van der Waals surface area contributed by atoms with E-state index in [1.54, 1.807) is 6.07 Å². The molecule has 0 radical (unpaired) electrons. The van der Waals surface area contributed by atoms with Crippen LogP contribution >= 0.6 is 12.2 Å². The van der Waals surface area contributed by atoms with Crippen molar-refractivity contribution < 1.29 is 9.53 Å². The molecule has 1 fully saturated rings. The Morgan fingerprint density at radius 2 is 2.26 bits per heavy atom. The van der Waals surface area contributed by atoms with Gasteiger partial charge >= 0.3 is 0 Å². The zero-order valence-electron chi connectivity index (χ0n) is 10.9. The fourth-order valence-corrected chi connectivity index (χ4v) is 2.56. The highest BCUT2D eigenvalue weighted by Crippen LogP contribution is 2.25. The van der Waals surface area contributed by atoms with Crippen LogP contribution in [0.3, 0.4) is 0 Å². The van der Waals surface area contributed by atoms with Gasteiger partial charge in [-0.3, -0.25) is 4.79 Å². The Morgan fingerprint density at radius 3 is 2.95 bits per heavy atom. The number of benzene rings is 1. The fraction of sp³-hybridized carbons (Fsp3) is 0.429. The van der Waals surface area contributed by atoms with Crippen molar-refractivity contribution in [2.24, 2.45) is 11.7 Å². The number of rotatable bonds is 4. The summed E-state index contributed by atoms with van der Waals surface area (Å²) in [5, 5.41) is 2.91. The van der Waals surface area contributed by atoms with Crippen molar-refractivity contribution in [1.82, 2.24) is 0 Å². The molecule has 1 aliphatic heterocycles. The van der Waals surface area contributed by atoms with Crippen LogP contribution < -0.4 is 11.1 Å². The van der Waals surface area contributed by atoms with E-state index in [9.17, 15) is 4.79 Å². The van der Waals surface area contributed by atoms with E-state index in [0.717, 1.165) is 12.8 Å². The van der Waals surface area contributed by atoms with Gasteiger partial charge in [0, 0.05) is 12.2 Å². The molecule has 5 heteroatoms. The van der Waals surface area contributed by atoms with Crippen molar-refractivity contribution in [1.29, 1.82) is 0 Å². The maximum Gasteiger partial charge on any atom is 0.230 e. The number of hydrogen-bond acceptors (Lipinski definition) is 3. The summed E-state index contributed by atoms with van der Waals surface area (Å²) < 4.78 is 5.54. The standard InChI is InChI=1S/C14H18N2O2S/c1-2-12-10(7-8-18-12)14(17)16-11-6-4-3-5-9(11)13(15)19/h3-6,10,12H,2,7-8H2,1H3,(H2,15,19)(H,16,17). The third-order valence-corrected chi connectivity index (χ3v) is 3.62. The molecule has 2 atom stereocenters. The first-order valence-corrected chi connectivity index (χ1v) is 6.85. The van der Waals surface area contributed by atoms with Gasteiger partial charge in [-0.15, -0.1) is 0 Å². The second kappa shape index (κ2) is 6.12. The lowest BCUT2D eigenvalue weighted by molar-refractivity contribution is -0.121. The van der Waals surface area contributed by atoms with Crippen molar-refractivity contribution in [3.05, 3.63) is 29.8 Å². The Bertz CT molecular complexity index is 490. The van der Waals surface area contributed by atoms with Gasteiger partial charge in [-0.05, 0) is 25.0 Å². The number of nitrogens with one attached hydrogen (secondary N) is 1. The molecule has 0 spiro atoms. The summed E-state index contributed by atoms with van der Waals surface area (Å²) >= 11 is 4.98. The van der Waals surface area contributed by atoms with Gasteiger partial charge in [0.1, 0.15) is 4.99 Å². The van der Waals surface area contributed by atoms with Gasteiger partial charge in [0.2, 0.25) is 5.91 Å². The van der Waals surface area contributed by atoms with Crippen molar-refractivity contribution in [3.63, 3.8) is 0 Å². The minimum atomic E-state index is -0.0931. The van der Waals surface area contributed by atoms with Crippen molar-refractivity contribution in [2.75, 3.05) is 11.9 Å². The second-order valence-corrected chi connectivity index (χ2v) is 5.05. The molecule has 1 aliphatic rings. The molecular formula is C14H18N2O2S. The van der Waals surface area contributed by atoms with E-state index in [1.165, 1.54) is 0 Å². The Kier molecular flexibility index (Phi) is 4.50. The number of para-hydroxylation sites is 1. The molecule has 0 aliphatic carbocycles. The van der Waals surface area contributed by atoms with Crippen LogP contribution in [-0.4, -0.2) is 23.6 Å². The first kappa shape index (κ1) is 14.0. The Hall–Kier alpha value is -1.46. The van der Waals surface area contributed by atoms with E-state index in [2.05, 4.69) is 5.32 Å². The average molecular weight is 278 g/mol. The number of anilines is 1. The fourth-order valence-electron chi connectivity index (χ4n) is 2.38. The lowest BCUT2D eigenvalue weighted by Gasteiger charge is -2.17. The molecule has 1 aromatic carbocycles. The molecule has 2 rings (SSSR count). The molecule has 1 amide bonds. The van der Waals surface area contributed by atoms with E-state index in [1.807, 2.05) is 25.1 Å². The highest BCUT2D eigenvalue weighted by atomic mass is 32.1. The maximum atomic E-state index is 12.3. The van der Waals surface area contributed by atoms with E-state index >= 15 is 0 Å². The van der Waals surface area contributed by atoms with Gasteiger partial charge in [0.25, 0.3) is 0 Å². The third kappa shape index (κ3) is 3.11. The lowest BCUT2D eigenvalue weighted by atomic mass is 9.98. The topological polar surface area (TPSA) is 64.3 Å². The van der Waals surface area contributed by atoms with Gasteiger partial charge < -0.3 is 15.8 Å². The summed E-state index contributed by atoms with van der Waals surface area (Å²) in [6.07, 6.45) is 1.62. The Morgan fingerprint density at radius 1 is 1.53 bits per heavy atom. The molecule has 4 nitrogen and oxygen atoms in total. The Labute approximate surface area is 118 Å². The van der Waals surface area contributed by atoms with Gasteiger partial charge in [-0.1, -0.05) is 31.3 Å². The number of nitrogens with two attached hydrogens (primary N) is 1. The molecule has 19 heavy (non-hydrogen) atoms. The summed E-state index contributed by atoms with van der Waals surface area (Å²) in [7, 11) is 0. The first-order chi connectivity index (χ1) is 9.13. The lowest BCUT2D eigenvalue weighted by Crippen LogP contribution is -2.30. The summed E-state index contributed by atoms with van der Waals surface area (Å²) in [4.78, 5) is 12.6. The normalized spacial score (nSPS) is 22.2. The average Bonchev–Trinajstić information content (AvgIpc) is 2.87. The highest BCUT2D eigenvalue weighted by Gasteiger charge is 2.32. The molecule has 0 bridgehead atoms. The summed E-state index contributed by atoms with van der Waals surface area (Å²) in [6.45, 7) is 2.67. The number of ether oxygens (including phenoxy) is 1. The number of carbonyl (C=O) groups excluding carboxylic acids is 1. The SMILES string of the molecule is CCC1OCCC1C(=O)Nc1ccccc1C(N)=S. The predicted octanol–water partition coefficient (Wildman–Crippen LogP) is 2.07. The number of thiocarbonyl (C=S) groups is 1. The van der Waals surface area contributed by atoms with E-state index < -0.39 is 0 Å². The first-order valence-electron chi connectivity index (χ1n) is 6.44. The van der Waals surface area contributed by atoms with E-state index in [4.69, 9.17) is 22.7 Å². The largest absolute Gasteiger partial charge is 0.389 e. The van der Waals surface area contributed by atoms with Crippen LogP contribution in [0, 0.1) is 5.92 Å². The van der Waals surface area contributed by atoms with Crippen molar-refractivity contribution >= 4 is 28.8 Å². The van der Waals surface area contributed by atoms with Gasteiger partial charge in [0.05, 0.1) is 17.7 Å². The van der Waals surface area contributed by atoms with Crippen LogP contribution in [0.4, 0.5) is 5.69 Å². The zero-order valence-corrected chi connectivity index (χ0v) is 11.7. The molecule has 2 unspecified atom stereocenters. The van der Waals surface area contributed by atoms with Gasteiger partial charge in [0.15, 0.2) is 0 Å². The molecular weight excluding hydrogens is 260 g/mol. The van der Waals surface area contributed by atoms with Gasteiger partial charge in [-0.25, -0.2) is 0 Å². The minimum Gasteiger partial charge on any atom is -0.389 e. The summed E-state index contributed by atoms with van der Waals surface area (Å²) in [5.41, 5.74) is 7.01. The molecule has 102 valence electrons. The maximum absolute atomic E-state index is 12.3. The molecule has 0 aromatic heterocycles. The minimum absolute atomic E-state index is 0.0111. The van der Waals surface area contributed by atoms with Crippen molar-refractivity contribution in [2.45, 2.75) is 25.9 Å². The van der Waals surface area contributed by atoms with Crippen LogP contribution in [0.15, 0.2) is 24.3 Å². The zero-order chi connectivity index (χ0) is 13.8. The van der Waals surface area contributed by atoms with Crippen molar-refractivity contribution in [3.8, 4) is 0 Å². The van der Waals surface area contributed by atoms with Gasteiger partial charge in [-0.2, -0.15) is 0 Å².